The molecule has 1 saturated heterocycles. The number of hydrogen-bond donors (Lipinski definition) is 1. The second-order valence-electron chi connectivity index (χ2n) is 13.9. The second-order valence-corrected chi connectivity index (χ2v) is 13.9. The van der Waals surface area contributed by atoms with Crippen molar-refractivity contribution in [1.82, 2.24) is 24.6 Å². The van der Waals surface area contributed by atoms with Crippen molar-refractivity contribution in [2.75, 3.05) is 41.5 Å². The molecular weight excluding hydrogens is 682 g/mol. The van der Waals surface area contributed by atoms with Gasteiger partial charge < -0.3 is 28.6 Å². The number of amides is 5. The fourth-order valence-corrected chi connectivity index (χ4v) is 7.37. The SMILES string of the molecule is COc1cc(-c2cn(C)c(=O)c3c2CCN(C(=O)CCCCCOc2cccc4c2C(=O)N(C2CCC(=O)NC2=O)C4=O)C3)cc(OC)c1CN(C)C. The summed E-state index contributed by atoms with van der Waals surface area (Å²) in [7, 11) is 8.93. The summed E-state index contributed by atoms with van der Waals surface area (Å²) in [5, 5.41) is 2.20. The van der Waals surface area contributed by atoms with Crippen LogP contribution in [0.4, 0.5) is 0 Å². The number of imide groups is 2. The van der Waals surface area contributed by atoms with Crippen molar-refractivity contribution < 1.29 is 38.2 Å². The van der Waals surface area contributed by atoms with Gasteiger partial charge in [0.2, 0.25) is 17.7 Å². The molecule has 14 nitrogen and oxygen atoms in total. The summed E-state index contributed by atoms with van der Waals surface area (Å²) >= 11 is 0. The van der Waals surface area contributed by atoms with Crippen molar-refractivity contribution in [3.63, 3.8) is 0 Å². The molecule has 3 aliphatic rings. The van der Waals surface area contributed by atoms with E-state index in [4.69, 9.17) is 14.2 Å². The lowest BCUT2D eigenvalue weighted by atomic mass is 9.91. The number of carbonyl (C=O) groups is 5. The van der Waals surface area contributed by atoms with E-state index in [1.165, 1.54) is 6.07 Å². The summed E-state index contributed by atoms with van der Waals surface area (Å²) in [5.41, 5.74) is 4.37. The Hall–Kier alpha value is -5.50. The minimum Gasteiger partial charge on any atom is -0.496 e. The predicted molar refractivity (Wildman–Crippen MR) is 194 cm³/mol. The number of aromatic nitrogens is 1. The van der Waals surface area contributed by atoms with E-state index < -0.39 is 29.7 Å². The molecule has 0 aliphatic carbocycles. The Morgan fingerprint density at radius 3 is 2.32 bits per heavy atom. The summed E-state index contributed by atoms with van der Waals surface area (Å²) in [4.78, 5) is 81.8. The average molecular weight is 728 g/mol. The lowest BCUT2D eigenvalue weighted by molar-refractivity contribution is -0.136. The standard InChI is InChI=1S/C39H45N5O9/c1-41(2)20-28-31(51-4)18-23(19-32(28)52-5)26-21-42(3)37(48)27-22-43(16-15-24(26)27)34(46)12-7-6-8-17-53-30-11-9-10-25-35(30)39(50)44(38(25)49)29-13-14-33(45)40-36(29)47/h9-11,18-19,21,29H,6-8,12-17,20,22H2,1-5H3,(H,40,45,47). The van der Waals surface area contributed by atoms with Crippen molar-refractivity contribution in [1.29, 1.82) is 0 Å². The monoisotopic (exact) mass is 727 g/mol. The van der Waals surface area contributed by atoms with Gasteiger partial charge in [-0.15, -0.1) is 0 Å². The molecule has 6 rings (SSSR count). The molecule has 3 aliphatic heterocycles. The highest BCUT2D eigenvalue weighted by Gasteiger charge is 2.46. The number of carbonyl (C=O) groups excluding carboxylic acids is 5. The first-order valence-electron chi connectivity index (χ1n) is 17.8. The Kier molecular flexibility index (Phi) is 11.0. The van der Waals surface area contributed by atoms with E-state index in [0.29, 0.717) is 62.3 Å². The topological polar surface area (TPSA) is 157 Å². The van der Waals surface area contributed by atoms with E-state index in [0.717, 1.165) is 27.2 Å². The molecule has 1 atom stereocenters. The Labute approximate surface area is 307 Å². The highest BCUT2D eigenvalue weighted by molar-refractivity contribution is 6.24. The quantitative estimate of drug-likeness (QED) is 0.205. The van der Waals surface area contributed by atoms with Crippen LogP contribution in [0.25, 0.3) is 11.1 Å². The molecule has 0 radical (unpaired) electrons. The molecule has 53 heavy (non-hydrogen) atoms. The zero-order chi connectivity index (χ0) is 38.0. The van der Waals surface area contributed by atoms with Gasteiger partial charge in [0.25, 0.3) is 17.4 Å². The third kappa shape index (κ3) is 7.41. The number of ether oxygens (including phenoxy) is 3. The Bertz CT molecular complexity index is 2010. The van der Waals surface area contributed by atoms with E-state index in [9.17, 15) is 28.8 Å². The normalized spacial score (nSPS) is 16.8. The van der Waals surface area contributed by atoms with Gasteiger partial charge in [-0.25, -0.2) is 0 Å². The van der Waals surface area contributed by atoms with E-state index in [2.05, 4.69) is 5.32 Å². The van der Waals surface area contributed by atoms with Crippen molar-refractivity contribution in [2.24, 2.45) is 7.05 Å². The molecule has 3 aromatic rings. The number of benzene rings is 2. The van der Waals surface area contributed by atoms with Gasteiger partial charge in [0.1, 0.15) is 23.3 Å². The third-order valence-electron chi connectivity index (χ3n) is 10.0. The Balaban J connectivity index is 1.05. The summed E-state index contributed by atoms with van der Waals surface area (Å²) in [6, 6.07) is 7.64. The molecule has 0 bridgehead atoms. The molecule has 1 unspecified atom stereocenters. The smallest absolute Gasteiger partial charge is 0.266 e. The summed E-state index contributed by atoms with van der Waals surface area (Å²) < 4.78 is 19.0. The van der Waals surface area contributed by atoms with E-state index >= 15 is 0 Å². The van der Waals surface area contributed by atoms with Crippen LogP contribution in [0.15, 0.2) is 41.3 Å². The highest BCUT2D eigenvalue weighted by Crippen LogP contribution is 2.38. The number of aryl methyl sites for hydroxylation is 1. The van der Waals surface area contributed by atoms with Crippen LogP contribution in [0.5, 0.6) is 17.2 Å². The maximum absolute atomic E-state index is 13.4. The van der Waals surface area contributed by atoms with Crippen LogP contribution >= 0.6 is 0 Å². The number of unbranched alkanes of at least 4 members (excludes halogenated alkanes) is 2. The number of pyridine rings is 1. The van der Waals surface area contributed by atoms with Crippen LogP contribution in [0.2, 0.25) is 0 Å². The number of rotatable bonds is 13. The van der Waals surface area contributed by atoms with Gasteiger partial charge >= 0.3 is 0 Å². The van der Waals surface area contributed by atoms with Crippen LogP contribution in [0.1, 0.15) is 75.9 Å². The van der Waals surface area contributed by atoms with Crippen LogP contribution in [-0.2, 0) is 40.9 Å². The molecule has 5 amide bonds. The van der Waals surface area contributed by atoms with Gasteiger partial charge in [-0.2, -0.15) is 0 Å². The maximum Gasteiger partial charge on any atom is 0.266 e. The van der Waals surface area contributed by atoms with Crippen LogP contribution in [0, 0.1) is 0 Å². The lowest BCUT2D eigenvalue weighted by Crippen LogP contribution is -2.54. The molecule has 2 aromatic carbocycles. The number of hydrogen-bond acceptors (Lipinski definition) is 10. The molecule has 1 aromatic heterocycles. The first-order chi connectivity index (χ1) is 25.4. The predicted octanol–water partition coefficient (Wildman–Crippen LogP) is 3.06. The number of methoxy groups -OCH3 is 2. The zero-order valence-corrected chi connectivity index (χ0v) is 30.8. The Morgan fingerprint density at radius 2 is 1.64 bits per heavy atom. The van der Waals surface area contributed by atoms with Gasteiger partial charge in [-0.05, 0) is 81.6 Å². The average Bonchev–Trinajstić information content (AvgIpc) is 3.39. The van der Waals surface area contributed by atoms with Gasteiger partial charge in [-0.3, -0.25) is 39.0 Å². The fourth-order valence-electron chi connectivity index (χ4n) is 7.37. The molecule has 1 fully saturated rings. The third-order valence-corrected chi connectivity index (χ3v) is 10.0. The van der Waals surface area contributed by atoms with Gasteiger partial charge in [0.15, 0.2) is 0 Å². The van der Waals surface area contributed by atoms with Crippen LogP contribution in [-0.4, -0.2) is 96.3 Å². The molecule has 0 saturated carbocycles. The van der Waals surface area contributed by atoms with Crippen molar-refractivity contribution >= 4 is 29.5 Å². The first kappa shape index (κ1) is 37.3. The lowest BCUT2D eigenvalue weighted by Gasteiger charge is -2.30. The largest absolute Gasteiger partial charge is 0.496 e. The Morgan fingerprint density at radius 1 is 0.906 bits per heavy atom. The van der Waals surface area contributed by atoms with Crippen molar-refractivity contribution in [3.8, 4) is 28.4 Å². The summed E-state index contributed by atoms with van der Waals surface area (Å²) in [6.45, 7) is 1.61. The van der Waals surface area contributed by atoms with Crippen LogP contribution in [0.3, 0.4) is 0 Å². The first-order valence-corrected chi connectivity index (χ1v) is 17.8. The van der Waals surface area contributed by atoms with E-state index in [-0.39, 0.29) is 54.3 Å². The molecule has 4 heterocycles. The van der Waals surface area contributed by atoms with E-state index in [1.54, 1.807) is 42.9 Å². The molecule has 0 spiro atoms. The fraction of sp³-hybridized carbons (Fsp3) is 0.436. The number of piperidine rings is 1. The summed E-state index contributed by atoms with van der Waals surface area (Å²) in [5.74, 6) is -0.702. The summed E-state index contributed by atoms with van der Waals surface area (Å²) in [6.07, 6.45) is 4.69. The molecular formula is C39H45N5O9. The minimum atomic E-state index is -1.05. The van der Waals surface area contributed by atoms with Crippen molar-refractivity contribution in [3.05, 3.63) is 74.7 Å². The molecule has 280 valence electrons. The minimum absolute atomic E-state index is 0.0288. The second kappa shape index (κ2) is 15.6. The van der Waals surface area contributed by atoms with Gasteiger partial charge in [0, 0.05) is 50.3 Å². The number of nitrogens with one attached hydrogen (secondary N) is 1. The zero-order valence-electron chi connectivity index (χ0n) is 30.8. The number of nitrogens with zero attached hydrogens (tertiary/aromatic N) is 4. The highest BCUT2D eigenvalue weighted by atomic mass is 16.5. The van der Waals surface area contributed by atoms with E-state index in [1.807, 2.05) is 37.3 Å². The van der Waals surface area contributed by atoms with Gasteiger partial charge in [0.05, 0.1) is 44.1 Å². The molecule has 14 heteroatoms. The maximum atomic E-state index is 13.4. The van der Waals surface area contributed by atoms with Crippen LogP contribution < -0.4 is 25.1 Å². The molecule has 1 N–H and O–H groups in total. The van der Waals surface area contributed by atoms with Gasteiger partial charge in [-0.1, -0.05) is 6.07 Å². The number of fused-ring (bicyclic) bond motifs is 2. The van der Waals surface area contributed by atoms with Crippen molar-refractivity contribution in [2.45, 2.75) is 64.1 Å².